The van der Waals surface area contributed by atoms with Crippen LogP contribution in [0.3, 0.4) is 0 Å². The van der Waals surface area contributed by atoms with E-state index in [-0.39, 0.29) is 0 Å². The molecular formula is C23H19F3O4. The number of hydrogen-bond donors (Lipinski definition) is 0. The molecule has 7 heteroatoms. The standard InChI is InChI=1S/C23H19F3O4/c1-28-17-11-7-15(8-12-17)21(16-9-13-18(29-2)14-10-16)30-22(27)19-5-3-4-6-20(19)23(24,25)26/h3-14,21H,1-2H3. The molecule has 0 fully saturated rings. The van der Waals surface area contributed by atoms with Crippen molar-refractivity contribution in [2.75, 3.05) is 14.2 Å². The lowest BCUT2D eigenvalue weighted by atomic mass is 10.0. The summed E-state index contributed by atoms with van der Waals surface area (Å²) in [4.78, 5) is 12.7. The summed E-state index contributed by atoms with van der Waals surface area (Å²) in [5, 5.41) is 0. The second kappa shape index (κ2) is 8.90. The van der Waals surface area contributed by atoms with E-state index in [1.54, 1.807) is 48.5 Å². The smallest absolute Gasteiger partial charge is 0.417 e. The maximum atomic E-state index is 13.3. The fourth-order valence-corrected chi connectivity index (χ4v) is 2.96. The van der Waals surface area contributed by atoms with Crippen molar-refractivity contribution in [2.45, 2.75) is 12.3 Å². The molecule has 3 aromatic carbocycles. The Morgan fingerprint density at radius 1 is 0.767 bits per heavy atom. The van der Waals surface area contributed by atoms with Gasteiger partial charge in [-0.05, 0) is 47.5 Å². The van der Waals surface area contributed by atoms with Gasteiger partial charge < -0.3 is 14.2 Å². The van der Waals surface area contributed by atoms with E-state index in [0.717, 1.165) is 12.1 Å². The van der Waals surface area contributed by atoms with E-state index in [2.05, 4.69) is 0 Å². The summed E-state index contributed by atoms with van der Waals surface area (Å²) < 4.78 is 55.8. The summed E-state index contributed by atoms with van der Waals surface area (Å²) in [5.74, 6) is 0.126. The molecule has 0 N–H and O–H groups in total. The van der Waals surface area contributed by atoms with Crippen LogP contribution >= 0.6 is 0 Å². The number of methoxy groups -OCH3 is 2. The van der Waals surface area contributed by atoms with Crippen LogP contribution in [0.25, 0.3) is 0 Å². The van der Waals surface area contributed by atoms with Gasteiger partial charge in [-0.2, -0.15) is 13.2 Å². The summed E-state index contributed by atoms with van der Waals surface area (Å²) in [7, 11) is 3.04. The van der Waals surface area contributed by atoms with Crippen molar-refractivity contribution >= 4 is 5.97 Å². The molecule has 0 atom stereocenters. The second-order valence-electron chi connectivity index (χ2n) is 6.38. The number of benzene rings is 3. The van der Waals surface area contributed by atoms with Gasteiger partial charge in [-0.3, -0.25) is 0 Å². The van der Waals surface area contributed by atoms with Crippen LogP contribution in [0.15, 0.2) is 72.8 Å². The van der Waals surface area contributed by atoms with E-state index in [9.17, 15) is 18.0 Å². The molecule has 0 aromatic heterocycles. The SMILES string of the molecule is COc1ccc(C(OC(=O)c2ccccc2C(F)(F)F)c2ccc(OC)cc2)cc1. The zero-order chi connectivity index (χ0) is 21.7. The predicted molar refractivity (Wildman–Crippen MR) is 105 cm³/mol. The summed E-state index contributed by atoms with van der Waals surface area (Å²) in [6.45, 7) is 0. The van der Waals surface area contributed by atoms with Gasteiger partial charge >= 0.3 is 12.1 Å². The zero-order valence-corrected chi connectivity index (χ0v) is 16.3. The topological polar surface area (TPSA) is 44.8 Å². The molecule has 0 saturated heterocycles. The minimum absolute atomic E-state index is 0.544. The molecule has 3 rings (SSSR count). The molecule has 0 heterocycles. The van der Waals surface area contributed by atoms with Crippen LogP contribution in [0.5, 0.6) is 11.5 Å². The van der Waals surface area contributed by atoms with E-state index in [4.69, 9.17) is 14.2 Å². The molecule has 0 radical (unpaired) electrons. The van der Waals surface area contributed by atoms with E-state index < -0.39 is 29.4 Å². The number of esters is 1. The van der Waals surface area contributed by atoms with Crippen LogP contribution in [-0.4, -0.2) is 20.2 Å². The first kappa shape index (κ1) is 21.2. The Bertz CT molecular complexity index is 949. The molecule has 0 unspecified atom stereocenters. The average Bonchev–Trinajstić information content (AvgIpc) is 2.77. The number of rotatable bonds is 6. The van der Waals surface area contributed by atoms with Crippen LogP contribution < -0.4 is 9.47 Å². The highest BCUT2D eigenvalue weighted by Crippen LogP contribution is 2.34. The number of alkyl halides is 3. The van der Waals surface area contributed by atoms with Gasteiger partial charge in [-0.1, -0.05) is 36.4 Å². The number of ether oxygens (including phenoxy) is 3. The molecule has 0 amide bonds. The van der Waals surface area contributed by atoms with Gasteiger partial charge in [-0.15, -0.1) is 0 Å². The van der Waals surface area contributed by atoms with Crippen molar-refractivity contribution < 1.29 is 32.2 Å². The fraction of sp³-hybridized carbons (Fsp3) is 0.174. The van der Waals surface area contributed by atoms with Crippen LogP contribution in [-0.2, 0) is 10.9 Å². The molecule has 0 bridgehead atoms. The molecule has 4 nitrogen and oxygen atoms in total. The van der Waals surface area contributed by atoms with Gasteiger partial charge in [-0.25, -0.2) is 4.79 Å². The lowest BCUT2D eigenvalue weighted by Crippen LogP contribution is -2.18. The van der Waals surface area contributed by atoms with Crippen molar-refractivity contribution in [3.8, 4) is 11.5 Å². The van der Waals surface area contributed by atoms with Crippen molar-refractivity contribution in [3.05, 3.63) is 95.1 Å². The Kier molecular flexibility index (Phi) is 6.30. The molecular weight excluding hydrogens is 397 g/mol. The zero-order valence-electron chi connectivity index (χ0n) is 16.3. The van der Waals surface area contributed by atoms with Gasteiger partial charge in [0.05, 0.1) is 25.3 Å². The number of halogens is 3. The molecule has 156 valence electrons. The summed E-state index contributed by atoms with van der Waals surface area (Å²) in [6.07, 6.45) is -5.60. The third kappa shape index (κ3) is 4.74. The molecule has 3 aromatic rings. The fourth-order valence-electron chi connectivity index (χ4n) is 2.96. The minimum Gasteiger partial charge on any atom is -0.497 e. The average molecular weight is 416 g/mol. The molecule has 0 aliphatic carbocycles. The minimum atomic E-state index is -4.68. The number of hydrogen-bond acceptors (Lipinski definition) is 4. The Morgan fingerprint density at radius 2 is 1.23 bits per heavy atom. The third-order valence-electron chi connectivity index (χ3n) is 4.51. The van der Waals surface area contributed by atoms with E-state index >= 15 is 0 Å². The van der Waals surface area contributed by atoms with Gasteiger partial charge in [0, 0.05) is 0 Å². The highest BCUT2D eigenvalue weighted by molar-refractivity contribution is 5.91. The normalized spacial score (nSPS) is 11.3. The first-order valence-corrected chi connectivity index (χ1v) is 8.98. The van der Waals surface area contributed by atoms with Gasteiger partial charge in [0.25, 0.3) is 0 Å². The summed E-state index contributed by atoms with van der Waals surface area (Å²) in [5.41, 5.74) is -0.423. The monoisotopic (exact) mass is 416 g/mol. The van der Waals surface area contributed by atoms with Crippen molar-refractivity contribution in [2.24, 2.45) is 0 Å². The van der Waals surface area contributed by atoms with Gasteiger partial charge in [0.1, 0.15) is 11.5 Å². The van der Waals surface area contributed by atoms with Crippen LogP contribution in [0, 0.1) is 0 Å². The first-order valence-electron chi connectivity index (χ1n) is 8.98. The van der Waals surface area contributed by atoms with Gasteiger partial charge in [0.2, 0.25) is 0 Å². The molecule has 0 aliphatic rings. The second-order valence-corrected chi connectivity index (χ2v) is 6.38. The Hall–Kier alpha value is -3.48. The Balaban J connectivity index is 1.99. The van der Waals surface area contributed by atoms with Crippen LogP contribution in [0.4, 0.5) is 13.2 Å². The highest BCUT2D eigenvalue weighted by atomic mass is 19.4. The Morgan fingerprint density at radius 3 is 1.67 bits per heavy atom. The maximum absolute atomic E-state index is 13.3. The highest BCUT2D eigenvalue weighted by Gasteiger charge is 2.36. The largest absolute Gasteiger partial charge is 0.497 e. The van der Waals surface area contributed by atoms with Crippen LogP contribution in [0.2, 0.25) is 0 Å². The molecule has 0 spiro atoms. The molecule has 30 heavy (non-hydrogen) atoms. The molecule has 0 saturated carbocycles. The van der Waals surface area contributed by atoms with Gasteiger partial charge in [0.15, 0.2) is 6.10 Å². The van der Waals surface area contributed by atoms with E-state index in [1.807, 2.05) is 0 Å². The lowest BCUT2D eigenvalue weighted by Gasteiger charge is -2.21. The number of carbonyl (C=O) groups excluding carboxylic acids is 1. The first-order chi connectivity index (χ1) is 14.3. The van der Waals surface area contributed by atoms with E-state index in [0.29, 0.717) is 22.6 Å². The quantitative estimate of drug-likeness (QED) is 0.486. The third-order valence-corrected chi connectivity index (χ3v) is 4.51. The number of carbonyl (C=O) groups is 1. The van der Waals surface area contributed by atoms with E-state index in [1.165, 1.54) is 26.4 Å². The Labute approximate surface area is 171 Å². The maximum Gasteiger partial charge on any atom is 0.417 e. The summed E-state index contributed by atoms with van der Waals surface area (Å²) >= 11 is 0. The van der Waals surface area contributed by atoms with Crippen molar-refractivity contribution in [3.63, 3.8) is 0 Å². The predicted octanol–water partition coefficient (Wildman–Crippen LogP) is 5.67. The van der Waals surface area contributed by atoms with Crippen molar-refractivity contribution in [1.82, 2.24) is 0 Å². The summed E-state index contributed by atoms with van der Waals surface area (Å²) in [6, 6.07) is 18.0. The molecule has 0 aliphatic heterocycles. The van der Waals surface area contributed by atoms with Crippen LogP contribution in [0.1, 0.15) is 33.2 Å². The lowest BCUT2D eigenvalue weighted by molar-refractivity contribution is -0.138. The van der Waals surface area contributed by atoms with Crippen molar-refractivity contribution in [1.29, 1.82) is 0 Å².